The molecule has 0 aliphatic carbocycles. The first-order valence-electron chi connectivity index (χ1n) is 7.92. The number of hydrogen-bond acceptors (Lipinski definition) is 5. The lowest BCUT2D eigenvalue weighted by molar-refractivity contribution is 0.222. The molecule has 7 nitrogen and oxygen atoms in total. The maximum absolute atomic E-state index is 13.0. The van der Waals surface area contributed by atoms with Crippen molar-refractivity contribution < 1.29 is 12.8 Å². The highest BCUT2D eigenvalue weighted by molar-refractivity contribution is 7.89. The standard InChI is InChI=1S/C16H18N4O3S/c1-19-11-12(10-17-19)24(21,22)20-9-5-4-7-14(20)16-18-13-6-2-3-8-15(13)23-16/h2-3,6,8,10-11,14H,4-5,7,9H2,1H3/t14-/m0/s1. The molecule has 4 rings (SSSR count). The van der Waals surface area contributed by atoms with Crippen LogP contribution in [0.25, 0.3) is 11.1 Å². The van der Waals surface area contributed by atoms with Crippen molar-refractivity contribution in [2.75, 3.05) is 6.54 Å². The van der Waals surface area contributed by atoms with Gasteiger partial charge in [-0.1, -0.05) is 18.6 Å². The first-order chi connectivity index (χ1) is 11.6. The highest BCUT2D eigenvalue weighted by Crippen LogP contribution is 2.36. The highest BCUT2D eigenvalue weighted by atomic mass is 32.2. The number of aromatic nitrogens is 3. The molecule has 3 heterocycles. The van der Waals surface area contributed by atoms with Gasteiger partial charge in [0.15, 0.2) is 5.58 Å². The molecule has 0 radical (unpaired) electrons. The van der Waals surface area contributed by atoms with Gasteiger partial charge in [0, 0.05) is 19.8 Å². The van der Waals surface area contributed by atoms with Gasteiger partial charge >= 0.3 is 0 Å². The van der Waals surface area contributed by atoms with E-state index >= 15 is 0 Å². The van der Waals surface area contributed by atoms with Crippen molar-refractivity contribution in [1.82, 2.24) is 19.1 Å². The number of oxazole rings is 1. The zero-order chi connectivity index (χ0) is 16.7. The van der Waals surface area contributed by atoms with Crippen LogP contribution in [0.2, 0.25) is 0 Å². The predicted molar refractivity (Wildman–Crippen MR) is 87.7 cm³/mol. The third-order valence-electron chi connectivity index (χ3n) is 4.34. The Morgan fingerprint density at radius 3 is 2.83 bits per heavy atom. The Hall–Kier alpha value is -2.19. The number of nitrogens with zero attached hydrogens (tertiary/aromatic N) is 4. The molecule has 1 aliphatic heterocycles. The number of aryl methyl sites for hydroxylation is 1. The molecular weight excluding hydrogens is 328 g/mol. The van der Waals surface area contributed by atoms with Gasteiger partial charge in [-0.3, -0.25) is 4.68 Å². The molecule has 0 N–H and O–H groups in total. The molecule has 1 aliphatic rings. The fourth-order valence-electron chi connectivity index (χ4n) is 3.14. The summed E-state index contributed by atoms with van der Waals surface area (Å²) in [6, 6.07) is 7.10. The molecule has 1 atom stereocenters. The SMILES string of the molecule is Cn1cc(S(=O)(=O)N2CCCC[C@H]2c2nc3ccccc3o2)cn1. The van der Waals surface area contributed by atoms with Crippen molar-refractivity contribution >= 4 is 21.1 Å². The smallest absolute Gasteiger partial charge is 0.246 e. The minimum absolute atomic E-state index is 0.202. The first-order valence-corrected chi connectivity index (χ1v) is 9.36. The van der Waals surface area contributed by atoms with Crippen molar-refractivity contribution in [3.63, 3.8) is 0 Å². The lowest BCUT2D eigenvalue weighted by Crippen LogP contribution is -2.38. The fourth-order valence-corrected chi connectivity index (χ4v) is 4.78. The van der Waals surface area contributed by atoms with Crippen LogP contribution in [0.4, 0.5) is 0 Å². The van der Waals surface area contributed by atoms with Gasteiger partial charge in [-0.25, -0.2) is 13.4 Å². The molecule has 126 valence electrons. The number of fused-ring (bicyclic) bond motifs is 1. The van der Waals surface area contributed by atoms with E-state index in [0.29, 0.717) is 24.4 Å². The Morgan fingerprint density at radius 1 is 1.25 bits per heavy atom. The average molecular weight is 346 g/mol. The normalized spacial score (nSPS) is 19.8. The molecule has 2 aromatic heterocycles. The summed E-state index contributed by atoms with van der Waals surface area (Å²) >= 11 is 0. The number of sulfonamides is 1. The highest BCUT2D eigenvalue weighted by Gasteiger charge is 2.37. The molecule has 0 bridgehead atoms. The van der Waals surface area contributed by atoms with Gasteiger partial charge in [-0.2, -0.15) is 9.40 Å². The number of hydrogen-bond donors (Lipinski definition) is 0. The maximum Gasteiger partial charge on any atom is 0.246 e. The second kappa shape index (κ2) is 5.71. The molecule has 0 amide bonds. The summed E-state index contributed by atoms with van der Waals surface area (Å²) in [6.45, 7) is 0.459. The molecule has 1 fully saturated rings. The lowest BCUT2D eigenvalue weighted by Gasteiger charge is -2.32. The summed E-state index contributed by atoms with van der Waals surface area (Å²) < 4.78 is 34.8. The summed E-state index contributed by atoms with van der Waals surface area (Å²) in [7, 11) is -1.92. The Balaban J connectivity index is 1.75. The van der Waals surface area contributed by atoms with Crippen LogP contribution in [0.15, 0.2) is 46.0 Å². The third kappa shape index (κ3) is 2.51. The first kappa shape index (κ1) is 15.3. The van der Waals surface area contributed by atoms with Crippen molar-refractivity contribution in [1.29, 1.82) is 0 Å². The zero-order valence-electron chi connectivity index (χ0n) is 13.3. The van der Waals surface area contributed by atoms with E-state index < -0.39 is 10.0 Å². The minimum atomic E-state index is -3.63. The second-order valence-electron chi connectivity index (χ2n) is 6.00. The van der Waals surface area contributed by atoms with Crippen LogP contribution >= 0.6 is 0 Å². The van der Waals surface area contributed by atoms with Crippen LogP contribution < -0.4 is 0 Å². The van der Waals surface area contributed by atoms with Crippen LogP contribution in [0.5, 0.6) is 0 Å². The summed E-state index contributed by atoms with van der Waals surface area (Å²) in [6.07, 6.45) is 5.38. The van der Waals surface area contributed by atoms with E-state index in [0.717, 1.165) is 18.4 Å². The molecular formula is C16H18N4O3S. The number of rotatable bonds is 3. The van der Waals surface area contributed by atoms with Crippen LogP contribution in [0.3, 0.4) is 0 Å². The van der Waals surface area contributed by atoms with E-state index in [4.69, 9.17) is 4.42 Å². The molecule has 0 spiro atoms. The van der Waals surface area contributed by atoms with Crippen LogP contribution in [0, 0.1) is 0 Å². The summed E-state index contributed by atoms with van der Waals surface area (Å²) in [5.41, 5.74) is 1.42. The van der Waals surface area contributed by atoms with Gasteiger partial charge in [0.2, 0.25) is 15.9 Å². The van der Waals surface area contributed by atoms with Gasteiger partial charge in [-0.15, -0.1) is 0 Å². The van der Waals surface area contributed by atoms with E-state index in [1.54, 1.807) is 7.05 Å². The molecule has 0 saturated carbocycles. The van der Waals surface area contributed by atoms with E-state index in [1.807, 2.05) is 24.3 Å². The Bertz CT molecular complexity index is 943. The topological polar surface area (TPSA) is 81.2 Å². The average Bonchev–Trinajstić information content (AvgIpc) is 3.21. The number of piperidine rings is 1. The minimum Gasteiger partial charge on any atom is -0.439 e. The molecule has 1 aromatic carbocycles. The summed E-state index contributed by atoms with van der Waals surface area (Å²) in [5.74, 6) is 0.461. The third-order valence-corrected chi connectivity index (χ3v) is 6.20. The number of benzene rings is 1. The van der Waals surface area contributed by atoms with E-state index in [9.17, 15) is 8.42 Å². The largest absolute Gasteiger partial charge is 0.439 e. The van der Waals surface area contributed by atoms with Gasteiger partial charge < -0.3 is 4.42 Å². The van der Waals surface area contributed by atoms with Crippen molar-refractivity contribution in [3.8, 4) is 0 Å². The second-order valence-corrected chi connectivity index (χ2v) is 7.89. The van der Waals surface area contributed by atoms with E-state index in [1.165, 1.54) is 21.4 Å². The summed E-state index contributed by atoms with van der Waals surface area (Å²) in [5, 5.41) is 3.98. The van der Waals surface area contributed by atoms with Gasteiger partial charge in [0.1, 0.15) is 16.5 Å². The van der Waals surface area contributed by atoms with Crippen molar-refractivity contribution in [2.24, 2.45) is 7.05 Å². The lowest BCUT2D eigenvalue weighted by atomic mass is 10.1. The molecule has 8 heteroatoms. The molecule has 0 unspecified atom stereocenters. The van der Waals surface area contributed by atoms with Crippen LogP contribution in [0.1, 0.15) is 31.2 Å². The quantitative estimate of drug-likeness (QED) is 0.728. The predicted octanol–water partition coefficient (Wildman–Crippen LogP) is 2.48. The van der Waals surface area contributed by atoms with Gasteiger partial charge in [0.05, 0.1) is 6.20 Å². The van der Waals surface area contributed by atoms with Crippen LogP contribution in [-0.4, -0.2) is 34.0 Å². The maximum atomic E-state index is 13.0. The Morgan fingerprint density at radius 2 is 2.08 bits per heavy atom. The molecule has 1 saturated heterocycles. The molecule has 3 aromatic rings. The monoisotopic (exact) mass is 346 g/mol. The Labute approximate surface area is 139 Å². The zero-order valence-corrected chi connectivity index (χ0v) is 14.1. The number of para-hydroxylation sites is 2. The molecule has 24 heavy (non-hydrogen) atoms. The van der Waals surface area contributed by atoms with Gasteiger partial charge in [-0.05, 0) is 25.0 Å². The fraction of sp³-hybridized carbons (Fsp3) is 0.375. The van der Waals surface area contributed by atoms with Crippen molar-refractivity contribution in [3.05, 3.63) is 42.5 Å². The van der Waals surface area contributed by atoms with E-state index in [2.05, 4.69) is 10.1 Å². The van der Waals surface area contributed by atoms with Crippen molar-refractivity contribution in [2.45, 2.75) is 30.2 Å². The van der Waals surface area contributed by atoms with E-state index in [-0.39, 0.29) is 10.9 Å². The van der Waals surface area contributed by atoms with Crippen LogP contribution in [-0.2, 0) is 17.1 Å². The Kier molecular flexibility index (Phi) is 3.65. The van der Waals surface area contributed by atoms with Gasteiger partial charge in [0.25, 0.3) is 0 Å². The summed E-state index contributed by atoms with van der Waals surface area (Å²) in [4.78, 5) is 4.71.